The molecule has 3 heterocycles. The lowest BCUT2D eigenvalue weighted by Gasteiger charge is -2.19. The van der Waals surface area contributed by atoms with Gasteiger partial charge in [0.05, 0.1) is 12.2 Å². The van der Waals surface area contributed by atoms with E-state index in [1.807, 2.05) is 42.5 Å². The van der Waals surface area contributed by atoms with Crippen LogP contribution in [-0.2, 0) is 13.0 Å². The number of benzene rings is 2. The van der Waals surface area contributed by atoms with Gasteiger partial charge >= 0.3 is 0 Å². The summed E-state index contributed by atoms with van der Waals surface area (Å²) < 4.78 is 7.53. The van der Waals surface area contributed by atoms with Crippen LogP contribution in [0.25, 0.3) is 16.8 Å². The van der Waals surface area contributed by atoms with E-state index in [0.29, 0.717) is 35.8 Å². The zero-order chi connectivity index (χ0) is 22.9. The van der Waals surface area contributed by atoms with Crippen molar-refractivity contribution in [1.82, 2.24) is 24.9 Å². The molecule has 0 fully saturated rings. The highest BCUT2D eigenvalue weighted by atomic mass is 16.5. The molecule has 8 nitrogen and oxygen atoms in total. The molecule has 0 atom stereocenters. The van der Waals surface area contributed by atoms with E-state index in [0.717, 1.165) is 41.1 Å². The van der Waals surface area contributed by atoms with E-state index < -0.39 is 0 Å². The fraction of sp³-hybridized carbons (Fsp3) is 0.280. The first-order valence-electron chi connectivity index (χ1n) is 11.1. The number of amides is 1. The van der Waals surface area contributed by atoms with Crippen LogP contribution >= 0.6 is 0 Å². The molecule has 1 aliphatic heterocycles. The monoisotopic (exact) mass is 442 g/mol. The molecule has 0 bridgehead atoms. The van der Waals surface area contributed by atoms with Crippen LogP contribution in [0, 0.1) is 0 Å². The smallest absolute Gasteiger partial charge is 0.255 e. The quantitative estimate of drug-likeness (QED) is 0.487. The number of anilines is 1. The van der Waals surface area contributed by atoms with Crippen molar-refractivity contribution in [3.8, 4) is 17.0 Å². The molecule has 0 radical (unpaired) electrons. The number of aryl methyl sites for hydroxylation is 1. The highest BCUT2D eigenvalue weighted by molar-refractivity contribution is 5.97. The van der Waals surface area contributed by atoms with Crippen molar-refractivity contribution in [1.29, 1.82) is 0 Å². The Bertz CT molecular complexity index is 1330. The number of nitrogens with two attached hydrogens (primary N) is 1. The molecule has 33 heavy (non-hydrogen) atoms. The second kappa shape index (κ2) is 8.54. The van der Waals surface area contributed by atoms with Gasteiger partial charge in [0.25, 0.3) is 5.91 Å². The van der Waals surface area contributed by atoms with Crippen molar-refractivity contribution in [2.24, 2.45) is 0 Å². The third-order valence-corrected chi connectivity index (χ3v) is 5.86. The normalized spacial score (nSPS) is 13.1. The highest BCUT2D eigenvalue weighted by Gasteiger charge is 2.20. The second-order valence-electron chi connectivity index (χ2n) is 8.50. The van der Waals surface area contributed by atoms with Gasteiger partial charge in [-0.2, -0.15) is 5.10 Å². The van der Waals surface area contributed by atoms with E-state index in [9.17, 15) is 4.79 Å². The number of hydrogen-bond donors (Lipinski definition) is 2. The Morgan fingerprint density at radius 1 is 1.21 bits per heavy atom. The minimum atomic E-state index is -0.135. The highest BCUT2D eigenvalue weighted by Crippen LogP contribution is 2.30. The van der Waals surface area contributed by atoms with Crippen LogP contribution in [0.5, 0.6) is 5.75 Å². The number of hydrogen-bond acceptors (Lipinski definition) is 6. The number of imidazole rings is 1. The van der Waals surface area contributed by atoms with Crippen LogP contribution in [0.4, 0.5) is 5.82 Å². The van der Waals surface area contributed by atoms with Crippen LogP contribution in [-0.4, -0.2) is 32.1 Å². The number of nitrogen functional groups attached to an aromatic ring is 1. The summed E-state index contributed by atoms with van der Waals surface area (Å²) in [6.45, 7) is 5.19. The number of para-hydroxylation sites is 1. The first-order valence-corrected chi connectivity index (χ1v) is 11.1. The first-order chi connectivity index (χ1) is 16.0. The molecule has 0 saturated carbocycles. The SMILES string of the molecule is CC(C)c1nc(-c2ccc(CNC(=O)c3cccc4c3OCCC4)cc2)c2c(N)ncnn12. The van der Waals surface area contributed by atoms with Crippen molar-refractivity contribution in [3.63, 3.8) is 0 Å². The Morgan fingerprint density at radius 3 is 2.82 bits per heavy atom. The predicted octanol–water partition coefficient (Wildman–Crippen LogP) is 3.75. The van der Waals surface area contributed by atoms with E-state index in [-0.39, 0.29) is 11.8 Å². The maximum Gasteiger partial charge on any atom is 0.255 e. The fourth-order valence-electron chi connectivity index (χ4n) is 4.18. The van der Waals surface area contributed by atoms with Gasteiger partial charge in [0.2, 0.25) is 0 Å². The number of rotatable bonds is 5. The summed E-state index contributed by atoms with van der Waals surface area (Å²) in [5, 5.41) is 7.34. The topological polar surface area (TPSA) is 107 Å². The van der Waals surface area contributed by atoms with Crippen LogP contribution in [0.3, 0.4) is 0 Å². The number of fused-ring (bicyclic) bond motifs is 2. The molecule has 0 unspecified atom stereocenters. The van der Waals surface area contributed by atoms with Crippen molar-refractivity contribution < 1.29 is 9.53 Å². The summed E-state index contributed by atoms with van der Waals surface area (Å²) in [4.78, 5) is 21.7. The zero-order valence-corrected chi connectivity index (χ0v) is 18.7. The standard InChI is InChI=1S/C25H26N6O2/c1-15(2)24-30-20(21-23(26)28-14-29-31(21)24)17-10-8-16(9-11-17)13-27-25(32)19-7-3-5-18-6-4-12-33-22(18)19/h3,5,7-11,14-15H,4,6,12-13H2,1-2H3,(H,27,32)(H2,26,28,29). The predicted molar refractivity (Wildman–Crippen MR) is 126 cm³/mol. The van der Waals surface area contributed by atoms with Crippen molar-refractivity contribution in [3.05, 3.63) is 71.3 Å². The maximum absolute atomic E-state index is 12.8. The largest absolute Gasteiger partial charge is 0.492 e. The minimum Gasteiger partial charge on any atom is -0.492 e. The number of carbonyl (C=O) groups is 1. The van der Waals surface area contributed by atoms with Gasteiger partial charge in [-0.1, -0.05) is 50.2 Å². The Morgan fingerprint density at radius 2 is 2.03 bits per heavy atom. The first kappa shape index (κ1) is 20.9. The lowest BCUT2D eigenvalue weighted by Crippen LogP contribution is -2.24. The van der Waals surface area contributed by atoms with Crippen molar-refractivity contribution >= 4 is 17.2 Å². The molecule has 0 aliphatic carbocycles. The van der Waals surface area contributed by atoms with Crippen LogP contribution in [0.1, 0.15) is 53.5 Å². The Labute approximate surface area is 191 Å². The second-order valence-corrected chi connectivity index (χ2v) is 8.50. The average Bonchev–Trinajstić information content (AvgIpc) is 3.24. The van der Waals surface area contributed by atoms with Gasteiger partial charge in [0.1, 0.15) is 29.1 Å². The molecular formula is C25H26N6O2. The molecule has 1 aliphatic rings. The molecule has 168 valence electrons. The molecule has 4 aromatic rings. The summed E-state index contributed by atoms with van der Waals surface area (Å²) in [5.41, 5.74) is 11.2. The molecule has 1 amide bonds. The fourth-order valence-corrected chi connectivity index (χ4v) is 4.18. The van der Waals surface area contributed by atoms with Gasteiger partial charge < -0.3 is 15.8 Å². The molecule has 5 rings (SSSR count). The van der Waals surface area contributed by atoms with E-state index in [2.05, 4.69) is 29.2 Å². The average molecular weight is 443 g/mol. The molecule has 0 saturated heterocycles. The summed E-state index contributed by atoms with van der Waals surface area (Å²) in [5.74, 6) is 1.99. The van der Waals surface area contributed by atoms with Gasteiger partial charge in [-0.3, -0.25) is 4.79 Å². The number of carbonyl (C=O) groups excluding carboxylic acids is 1. The van der Waals surface area contributed by atoms with Crippen molar-refractivity contribution in [2.45, 2.75) is 39.2 Å². The molecule has 8 heteroatoms. The molecule has 2 aromatic carbocycles. The number of nitrogens with zero attached hydrogens (tertiary/aromatic N) is 4. The van der Waals surface area contributed by atoms with Crippen molar-refractivity contribution in [2.75, 3.05) is 12.3 Å². The lowest BCUT2D eigenvalue weighted by atomic mass is 10.0. The van der Waals surface area contributed by atoms with Gasteiger partial charge in [0, 0.05) is 18.0 Å². The van der Waals surface area contributed by atoms with Gasteiger partial charge in [-0.15, -0.1) is 0 Å². The summed E-state index contributed by atoms with van der Waals surface area (Å²) >= 11 is 0. The maximum atomic E-state index is 12.8. The summed E-state index contributed by atoms with van der Waals surface area (Å²) in [6.07, 6.45) is 3.36. The van der Waals surface area contributed by atoms with Crippen LogP contribution < -0.4 is 15.8 Å². The molecule has 2 aromatic heterocycles. The molecule has 3 N–H and O–H groups in total. The minimum absolute atomic E-state index is 0.135. The Hall–Kier alpha value is -3.94. The van der Waals surface area contributed by atoms with Gasteiger partial charge in [-0.05, 0) is 30.0 Å². The van der Waals surface area contributed by atoms with Crippen LogP contribution in [0.15, 0.2) is 48.8 Å². The lowest BCUT2D eigenvalue weighted by molar-refractivity contribution is 0.0945. The van der Waals surface area contributed by atoms with Gasteiger partial charge in [-0.25, -0.2) is 14.5 Å². The molecular weight excluding hydrogens is 416 g/mol. The van der Waals surface area contributed by atoms with Gasteiger partial charge in [0.15, 0.2) is 5.82 Å². The van der Waals surface area contributed by atoms with E-state index in [1.54, 1.807) is 4.52 Å². The number of ether oxygens (including phenoxy) is 1. The zero-order valence-electron chi connectivity index (χ0n) is 18.7. The molecule has 0 spiro atoms. The number of aromatic nitrogens is 4. The Kier molecular flexibility index (Phi) is 5.42. The third-order valence-electron chi connectivity index (χ3n) is 5.86. The van der Waals surface area contributed by atoms with E-state index >= 15 is 0 Å². The third kappa shape index (κ3) is 3.88. The van der Waals surface area contributed by atoms with E-state index in [1.165, 1.54) is 6.33 Å². The summed E-state index contributed by atoms with van der Waals surface area (Å²) in [7, 11) is 0. The van der Waals surface area contributed by atoms with E-state index in [4.69, 9.17) is 15.5 Å². The Balaban J connectivity index is 1.36. The number of nitrogens with one attached hydrogen (secondary N) is 1. The summed E-state index contributed by atoms with van der Waals surface area (Å²) in [6, 6.07) is 13.7. The van der Waals surface area contributed by atoms with Crippen LogP contribution in [0.2, 0.25) is 0 Å².